The number of hydrogen-bond acceptors (Lipinski definition) is 4. The molecule has 4 rings (SSSR count). The minimum Gasteiger partial charge on any atom is -0.466 e. The van der Waals surface area contributed by atoms with Crippen molar-refractivity contribution in [1.29, 1.82) is 0 Å². The summed E-state index contributed by atoms with van der Waals surface area (Å²) in [6, 6.07) is 19.4. The van der Waals surface area contributed by atoms with E-state index >= 15 is 0 Å². The molecule has 36 heavy (non-hydrogen) atoms. The van der Waals surface area contributed by atoms with E-state index in [4.69, 9.17) is 16.3 Å². The molecule has 1 aliphatic heterocycles. The molecule has 2 amide bonds. The minimum absolute atomic E-state index is 0.0723. The van der Waals surface area contributed by atoms with Crippen LogP contribution in [0.25, 0.3) is 16.9 Å². The molecule has 0 N–H and O–H groups in total. The SMILES string of the molecule is CCOC(=O)CCC(=O)N1CCN(C(=O)c2cc(-c3ccccc3)n(-c3ccccc3Cl)c2C)CC1. The van der Waals surface area contributed by atoms with Crippen molar-refractivity contribution in [3.63, 3.8) is 0 Å². The van der Waals surface area contributed by atoms with E-state index in [1.54, 1.807) is 16.7 Å². The highest BCUT2D eigenvalue weighted by molar-refractivity contribution is 6.32. The summed E-state index contributed by atoms with van der Waals surface area (Å²) in [6.07, 6.45) is 0.190. The molecule has 0 radical (unpaired) electrons. The molecule has 7 nitrogen and oxygen atoms in total. The van der Waals surface area contributed by atoms with Gasteiger partial charge in [-0.05, 0) is 37.6 Å². The highest BCUT2D eigenvalue weighted by Crippen LogP contribution is 2.33. The van der Waals surface area contributed by atoms with E-state index in [1.165, 1.54) is 0 Å². The number of piperazine rings is 1. The number of nitrogens with zero attached hydrogens (tertiary/aromatic N) is 3. The van der Waals surface area contributed by atoms with Gasteiger partial charge in [0.25, 0.3) is 5.91 Å². The highest BCUT2D eigenvalue weighted by Gasteiger charge is 2.28. The Hall–Kier alpha value is -3.58. The molecule has 0 aliphatic carbocycles. The Morgan fingerprint density at radius 3 is 2.19 bits per heavy atom. The van der Waals surface area contributed by atoms with Gasteiger partial charge in [0.2, 0.25) is 5.91 Å². The second-order valence-electron chi connectivity index (χ2n) is 8.66. The Labute approximate surface area is 216 Å². The summed E-state index contributed by atoms with van der Waals surface area (Å²) in [5.41, 5.74) is 4.09. The standard InChI is InChI=1S/C28H30ClN3O4/c1-3-36-27(34)14-13-26(33)30-15-17-31(18-16-30)28(35)22-19-25(21-9-5-4-6-10-21)32(20(22)2)24-12-8-7-11-23(24)29/h4-12,19H,3,13-18H2,1-2H3. The van der Waals surface area contributed by atoms with Crippen molar-refractivity contribution < 1.29 is 19.1 Å². The van der Waals surface area contributed by atoms with Crippen LogP contribution in [0, 0.1) is 6.92 Å². The van der Waals surface area contributed by atoms with E-state index in [1.807, 2.05) is 72.2 Å². The van der Waals surface area contributed by atoms with Crippen molar-refractivity contribution in [1.82, 2.24) is 14.4 Å². The van der Waals surface area contributed by atoms with Crippen molar-refractivity contribution in [2.75, 3.05) is 32.8 Å². The molecule has 0 saturated carbocycles. The summed E-state index contributed by atoms with van der Waals surface area (Å²) in [4.78, 5) is 41.2. The van der Waals surface area contributed by atoms with E-state index in [0.717, 1.165) is 22.6 Å². The summed E-state index contributed by atoms with van der Waals surface area (Å²) in [6.45, 7) is 5.70. The van der Waals surface area contributed by atoms with Crippen molar-refractivity contribution in [2.24, 2.45) is 0 Å². The lowest BCUT2D eigenvalue weighted by atomic mass is 10.1. The maximum Gasteiger partial charge on any atom is 0.306 e. The molecule has 1 aliphatic rings. The molecule has 188 valence electrons. The van der Waals surface area contributed by atoms with Gasteiger partial charge in [0.1, 0.15) is 0 Å². The number of ether oxygens (including phenoxy) is 1. The Morgan fingerprint density at radius 2 is 1.53 bits per heavy atom. The number of amides is 2. The van der Waals surface area contributed by atoms with Crippen molar-refractivity contribution in [2.45, 2.75) is 26.7 Å². The van der Waals surface area contributed by atoms with Crippen LogP contribution < -0.4 is 0 Å². The zero-order chi connectivity index (χ0) is 25.7. The van der Waals surface area contributed by atoms with Gasteiger partial charge in [-0.15, -0.1) is 0 Å². The van der Waals surface area contributed by atoms with Crippen LogP contribution in [0.2, 0.25) is 5.02 Å². The molecule has 0 spiro atoms. The predicted octanol–water partition coefficient (Wildman–Crippen LogP) is 4.73. The van der Waals surface area contributed by atoms with Gasteiger partial charge in [-0.3, -0.25) is 14.4 Å². The fourth-order valence-electron chi connectivity index (χ4n) is 4.52. The molecule has 0 bridgehead atoms. The maximum absolute atomic E-state index is 13.6. The summed E-state index contributed by atoms with van der Waals surface area (Å²) in [5, 5.41) is 0.599. The molecule has 8 heteroatoms. The first-order chi connectivity index (χ1) is 17.4. The number of rotatable bonds is 7. The maximum atomic E-state index is 13.6. The van der Waals surface area contributed by atoms with E-state index in [-0.39, 0.29) is 30.6 Å². The van der Waals surface area contributed by atoms with Gasteiger partial charge in [0.05, 0.1) is 35.0 Å². The quantitative estimate of drug-likeness (QED) is 0.433. The third-order valence-corrected chi connectivity index (χ3v) is 6.73. The smallest absolute Gasteiger partial charge is 0.306 e. The van der Waals surface area contributed by atoms with Crippen LogP contribution >= 0.6 is 11.6 Å². The predicted molar refractivity (Wildman–Crippen MR) is 139 cm³/mol. The van der Waals surface area contributed by atoms with Crippen LogP contribution in [-0.2, 0) is 14.3 Å². The van der Waals surface area contributed by atoms with Crippen LogP contribution in [0.15, 0.2) is 60.7 Å². The number of para-hydroxylation sites is 1. The van der Waals surface area contributed by atoms with Gasteiger partial charge in [-0.1, -0.05) is 54.1 Å². The lowest BCUT2D eigenvalue weighted by Crippen LogP contribution is -2.50. The number of benzene rings is 2. The molecular formula is C28H30ClN3O4. The van der Waals surface area contributed by atoms with Crippen molar-refractivity contribution in [3.8, 4) is 16.9 Å². The first-order valence-corrected chi connectivity index (χ1v) is 12.5. The molecular weight excluding hydrogens is 478 g/mol. The third kappa shape index (κ3) is 5.46. The molecule has 2 aromatic carbocycles. The van der Waals surface area contributed by atoms with Crippen LogP contribution in [0.1, 0.15) is 35.8 Å². The summed E-state index contributed by atoms with van der Waals surface area (Å²) >= 11 is 6.55. The topological polar surface area (TPSA) is 71.9 Å². The Bertz CT molecular complexity index is 1250. The second kappa shape index (κ2) is 11.4. The summed E-state index contributed by atoms with van der Waals surface area (Å²) in [5.74, 6) is -0.538. The van der Waals surface area contributed by atoms with Gasteiger partial charge in [0.15, 0.2) is 0 Å². The second-order valence-corrected chi connectivity index (χ2v) is 9.07. The first kappa shape index (κ1) is 25.5. The lowest BCUT2D eigenvalue weighted by Gasteiger charge is -2.34. The van der Waals surface area contributed by atoms with E-state index in [9.17, 15) is 14.4 Å². The van der Waals surface area contributed by atoms with Crippen LogP contribution in [0.5, 0.6) is 0 Å². The van der Waals surface area contributed by atoms with Gasteiger partial charge in [-0.25, -0.2) is 0 Å². The number of carbonyl (C=O) groups excluding carboxylic acids is 3. The zero-order valence-electron chi connectivity index (χ0n) is 20.6. The molecule has 1 aromatic heterocycles. The van der Waals surface area contributed by atoms with Gasteiger partial charge < -0.3 is 19.1 Å². The average Bonchev–Trinajstić information content (AvgIpc) is 3.24. The minimum atomic E-state index is -0.368. The molecule has 0 unspecified atom stereocenters. The van der Waals surface area contributed by atoms with Crippen LogP contribution in [0.4, 0.5) is 0 Å². The molecule has 3 aromatic rings. The molecule has 1 saturated heterocycles. The van der Waals surface area contributed by atoms with E-state index in [2.05, 4.69) is 0 Å². The fraction of sp³-hybridized carbons (Fsp3) is 0.321. The number of halogens is 1. The van der Waals surface area contributed by atoms with E-state index < -0.39 is 0 Å². The summed E-state index contributed by atoms with van der Waals surface area (Å²) < 4.78 is 6.93. The van der Waals surface area contributed by atoms with Gasteiger partial charge in [-0.2, -0.15) is 0 Å². The Morgan fingerprint density at radius 1 is 0.889 bits per heavy atom. The van der Waals surface area contributed by atoms with Gasteiger partial charge in [0, 0.05) is 38.3 Å². The monoisotopic (exact) mass is 507 g/mol. The molecule has 0 atom stereocenters. The van der Waals surface area contributed by atoms with E-state index in [0.29, 0.717) is 43.4 Å². The zero-order valence-corrected chi connectivity index (χ0v) is 21.3. The normalized spacial score (nSPS) is 13.5. The lowest BCUT2D eigenvalue weighted by molar-refractivity contribution is -0.146. The number of esters is 1. The average molecular weight is 508 g/mol. The Balaban J connectivity index is 1.53. The Kier molecular flexibility index (Phi) is 8.10. The highest BCUT2D eigenvalue weighted by atomic mass is 35.5. The first-order valence-electron chi connectivity index (χ1n) is 12.2. The van der Waals surface area contributed by atoms with Crippen LogP contribution in [0.3, 0.4) is 0 Å². The largest absolute Gasteiger partial charge is 0.466 e. The number of carbonyl (C=O) groups is 3. The van der Waals surface area contributed by atoms with Gasteiger partial charge >= 0.3 is 5.97 Å². The number of hydrogen-bond donors (Lipinski definition) is 0. The van der Waals surface area contributed by atoms with Crippen LogP contribution in [-0.4, -0.2) is 64.9 Å². The number of aromatic nitrogens is 1. The van der Waals surface area contributed by atoms with Crippen molar-refractivity contribution >= 4 is 29.4 Å². The third-order valence-electron chi connectivity index (χ3n) is 6.41. The molecule has 1 fully saturated rings. The fourth-order valence-corrected chi connectivity index (χ4v) is 4.74. The summed E-state index contributed by atoms with van der Waals surface area (Å²) in [7, 11) is 0. The molecule has 2 heterocycles. The van der Waals surface area contributed by atoms with Crippen molar-refractivity contribution in [3.05, 3.63) is 76.9 Å².